The predicted molar refractivity (Wildman–Crippen MR) is 64.7 cm³/mol. The lowest BCUT2D eigenvalue weighted by atomic mass is 10.3. The molecule has 0 aliphatic carbocycles. The van der Waals surface area contributed by atoms with Crippen molar-refractivity contribution < 1.29 is 24.2 Å². The summed E-state index contributed by atoms with van der Waals surface area (Å²) in [6, 6.07) is -2.29. The Hall–Kier alpha value is -1.25. The number of aromatic nitrogens is 2. The summed E-state index contributed by atoms with van der Waals surface area (Å²) in [7, 11) is -4.79. The lowest BCUT2D eigenvalue weighted by Gasteiger charge is -2.19. The molecule has 0 amide bonds. The Morgan fingerprint density at radius 2 is 2.05 bits per heavy atom. The van der Waals surface area contributed by atoms with Gasteiger partial charge in [-0.25, -0.2) is 4.79 Å². The third-order valence-electron chi connectivity index (χ3n) is 2.32. The van der Waals surface area contributed by atoms with Crippen molar-refractivity contribution in [2.45, 2.75) is 32.5 Å². The lowest BCUT2D eigenvalue weighted by molar-refractivity contribution is -0.0941. The van der Waals surface area contributed by atoms with Crippen molar-refractivity contribution in [3.05, 3.63) is 32.6 Å². The van der Waals surface area contributed by atoms with E-state index in [1.165, 1.54) is 20.0 Å². The topological polar surface area (TPSA) is 142 Å². The van der Waals surface area contributed by atoms with E-state index in [4.69, 9.17) is 14.9 Å². The summed E-state index contributed by atoms with van der Waals surface area (Å²) in [5.74, 6) is 0. The second-order valence-electron chi connectivity index (χ2n) is 4.05. The molecule has 1 aromatic heterocycles. The van der Waals surface area contributed by atoms with E-state index < -0.39 is 31.0 Å². The van der Waals surface area contributed by atoms with Gasteiger partial charge >= 0.3 is 13.3 Å². The van der Waals surface area contributed by atoms with Gasteiger partial charge in [0.2, 0.25) is 0 Å². The average molecular weight is 294 g/mol. The van der Waals surface area contributed by atoms with Crippen LogP contribution in [-0.4, -0.2) is 36.6 Å². The normalized spacial score (nSPS) is 15.2. The van der Waals surface area contributed by atoms with Gasteiger partial charge in [-0.05, 0) is 13.8 Å². The molecule has 1 rings (SSSR count). The molecule has 0 spiro atoms. The molecule has 0 fully saturated rings. The second-order valence-corrected chi connectivity index (χ2v) is 5.67. The van der Waals surface area contributed by atoms with Gasteiger partial charge in [-0.15, -0.1) is 0 Å². The molecule has 10 heteroatoms. The Balaban J connectivity index is 2.87. The Morgan fingerprint density at radius 3 is 2.58 bits per heavy atom. The molecule has 0 radical (unpaired) electrons. The van der Waals surface area contributed by atoms with E-state index in [1.54, 1.807) is 0 Å². The minimum atomic E-state index is -4.79. The van der Waals surface area contributed by atoms with Crippen molar-refractivity contribution in [1.82, 2.24) is 9.55 Å². The van der Waals surface area contributed by atoms with Gasteiger partial charge < -0.3 is 24.6 Å². The molecule has 4 N–H and O–H groups in total. The van der Waals surface area contributed by atoms with E-state index in [2.05, 4.69) is 9.72 Å². The number of aliphatic hydroxyl groups excluding tert-OH is 1. The first-order valence-corrected chi connectivity index (χ1v) is 6.99. The molecule has 2 atom stereocenters. The first kappa shape index (κ1) is 15.8. The number of aryl methyl sites for hydroxylation is 1. The maximum Gasteiger partial charge on any atom is 0.381 e. The zero-order chi connectivity index (χ0) is 14.8. The number of nitrogens with one attached hydrogen (secondary N) is 1. The van der Waals surface area contributed by atoms with Gasteiger partial charge in [-0.1, -0.05) is 0 Å². The number of nitrogens with zero attached hydrogens (tertiary/aromatic N) is 1. The molecule has 0 saturated heterocycles. The molecule has 2 unspecified atom stereocenters. The molecule has 1 aromatic rings. The minimum Gasteiger partial charge on any atom is -0.358 e. The summed E-state index contributed by atoms with van der Waals surface area (Å²) in [5, 5.41) is 9.07. The largest absolute Gasteiger partial charge is 0.381 e. The number of rotatable bonds is 5. The van der Waals surface area contributed by atoms with Crippen LogP contribution in [0.1, 0.15) is 12.5 Å². The van der Waals surface area contributed by atoms with E-state index in [0.717, 1.165) is 4.57 Å². The van der Waals surface area contributed by atoms with Crippen LogP contribution in [0.2, 0.25) is 0 Å². The van der Waals surface area contributed by atoms with Crippen LogP contribution in [0.5, 0.6) is 0 Å². The Morgan fingerprint density at radius 1 is 1.47 bits per heavy atom. The number of hydrogen-bond acceptors (Lipinski definition) is 5. The van der Waals surface area contributed by atoms with Gasteiger partial charge in [0.05, 0.1) is 12.6 Å². The fraction of sp³-hybridized carbons (Fsp3) is 0.556. The summed E-state index contributed by atoms with van der Waals surface area (Å²) in [5.41, 5.74) is -0.899. The molecule has 19 heavy (non-hydrogen) atoms. The molecule has 0 aliphatic heterocycles. The zero-order valence-electron chi connectivity index (χ0n) is 10.3. The fourth-order valence-corrected chi connectivity index (χ4v) is 1.73. The van der Waals surface area contributed by atoms with Gasteiger partial charge in [0, 0.05) is 11.8 Å². The van der Waals surface area contributed by atoms with E-state index in [9.17, 15) is 14.2 Å². The summed E-state index contributed by atoms with van der Waals surface area (Å²) in [4.78, 5) is 42.8. The SMILES string of the molecule is Cc1c[nH]c(=O)n(CC(C)OC(O)P(=O)(O)O)c1=O. The van der Waals surface area contributed by atoms with Crippen LogP contribution in [0, 0.1) is 6.92 Å². The summed E-state index contributed by atoms with van der Waals surface area (Å²) in [6.45, 7) is 2.63. The Bertz CT molecular complexity index is 601. The molecule has 9 nitrogen and oxygen atoms in total. The van der Waals surface area contributed by atoms with E-state index >= 15 is 0 Å². The number of aromatic amines is 1. The van der Waals surface area contributed by atoms with Gasteiger partial charge in [-0.3, -0.25) is 13.9 Å². The maximum atomic E-state index is 11.7. The predicted octanol–water partition coefficient (Wildman–Crippen LogP) is -1.30. The monoisotopic (exact) mass is 294 g/mol. The third kappa shape index (κ3) is 4.12. The number of hydrogen-bond donors (Lipinski definition) is 4. The van der Waals surface area contributed by atoms with Crippen LogP contribution in [0.15, 0.2) is 15.8 Å². The Kier molecular flexibility index (Phi) is 4.83. The van der Waals surface area contributed by atoms with Crippen molar-refractivity contribution >= 4 is 7.60 Å². The maximum absolute atomic E-state index is 11.7. The van der Waals surface area contributed by atoms with Crippen molar-refractivity contribution in [2.75, 3.05) is 0 Å². The van der Waals surface area contributed by atoms with Crippen molar-refractivity contribution in [2.24, 2.45) is 0 Å². The molecule has 1 heterocycles. The molecule has 0 bridgehead atoms. The van der Waals surface area contributed by atoms with Gasteiger partial charge in [0.15, 0.2) is 0 Å². The summed E-state index contributed by atoms with van der Waals surface area (Å²) in [6.07, 6.45) is 0.320. The van der Waals surface area contributed by atoms with Crippen molar-refractivity contribution in [3.8, 4) is 0 Å². The van der Waals surface area contributed by atoms with Crippen LogP contribution in [0.3, 0.4) is 0 Å². The molecule has 108 valence electrons. The first-order valence-electron chi connectivity index (χ1n) is 5.31. The van der Waals surface area contributed by atoms with Crippen LogP contribution < -0.4 is 11.2 Å². The van der Waals surface area contributed by atoms with Crippen LogP contribution in [-0.2, 0) is 15.8 Å². The number of H-pyrrole nitrogens is 1. The highest BCUT2D eigenvalue weighted by molar-refractivity contribution is 7.52. The highest BCUT2D eigenvalue weighted by Gasteiger charge is 2.29. The number of aliphatic hydroxyl groups is 1. The molecular formula is C9H15N2O7P. The third-order valence-corrected chi connectivity index (χ3v) is 3.02. The van der Waals surface area contributed by atoms with Gasteiger partial charge in [0.1, 0.15) is 0 Å². The smallest absolute Gasteiger partial charge is 0.358 e. The molecule has 0 saturated carbocycles. The standard InChI is InChI=1S/C9H15N2O7P/c1-5-3-10-8(13)11(7(5)12)4-6(2)18-9(14)19(15,16)17/h3,6,9,14H,4H2,1-2H3,(H,10,13)(H2,15,16,17). The lowest BCUT2D eigenvalue weighted by Crippen LogP contribution is -2.39. The van der Waals surface area contributed by atoms with Crippen molar-refractivity contribution in [1.29, 1.82) is 0 Å². The van der Waals surface area contributed by atoms with Crippen LogP contribution in [0.4, 0.5) is 0 Å². The van der Waals surface area contributed by atoms with Crippen LogP contribution in [0.25, 0.3) is 0 Å². The molecular weight excluding hydrogens is 279 g/mol. The van der Waals surface area contributed by atoms with E-state index in [-0.39, 0.29) is 6.54 Å². The second kappa shape index (κ2) is 5.81. The number of ether oxygens (including phenoxy) is 1. The van der Waals surface area contributed by atoms with E-state index in [0.29, 0.717) is 5.56 Å². The summed E-state index contributed by atoms with van der Waals surface area (Å²) >= 11 is 0. The highest BCUT2D eigenvalue weighted by Crippen LogP contribution is 2.40. The zero-order valence-corrected chi connectivity index (χ0v) is 11.2. The molecule has 0 aromatic carbocycles. The van der Waals surface area contributed by atoms with Gasteiger partial charge in [-0.2, -0.15) is 0 Å². The Labute approximate surface area is 107 Å². The van der Waals surface area contributed by atoms with E-state index in [1.807, 2.05) is 0 Å². The molecule has 0 aliphatic rings. The fourth-order valence-electron chi connectivity index (χ4n) is 1.37. The average Bonchev–Trinajstić information content (AvgIpc) is 2.28. The minimum absolute atomic E-state index is 0.243. The quantitative estimate of drug-likeness (QED) is 0.390. The highest BCUT2D eigenvalue weighted by atomic mass is 31.2. The first-order chi connectivity index (χ1) is 8.62. The summed E-state index contributed by atoms with van der Waals surface area (Å²) < 4.78 is 16.2. The van der Waals surface area contributed by atoms with Crippen molar-refractivity contribution in [3.63, 3.8) is 0 Å². The van der Waals surface area contributed by atoms with Crippen LogP contribution >= 0.6 is 7.60 Å². The van der Waals surface area contributed by atoms with Gasteiger partial charge in [0.25, 0.3) is 11.6 Å².